The van der Waals surface area contributed by atoms with Gasteiger partial charge in [0.05, 0.1) is 18.5 Å². The first-order chi connectivity index (χ1) is 13.4. The van der Waals surface area contributed by atoms with Gasteiger partial charge in [-0.3, -0.25) is 9.78 Å². The van der Waals surface area contributed by atoms with Gasteiger partial charge < -0.3 is 4.90 Å². The second kappa shape index (κ2) is 9.30. The standard InChI is InChI=1S/C21H27N3O3S/c1-28(26,27)24-15-11-19(12-16-24)21(25)23(17-20-9-5-6-13-22-20)14-10-18-7-3-2-4-8-18/h2-9,13,19H,10-12,14-17H2,1H3. The van der Waals surface area contributed by atoms with Gasteiger partial charge >= 0.3 is 0 Å². The SMILES string of the molecule is CS(=O)(=O)N1CCC(C(=O)N(CCc2ccccc2)Cc2ccccn2)CC1. The molecule has 150 valence electrons. The highest BCUT2D eigenvalue weighted by Gasteiger charge is 2.31. The average Bonchev–Trinajstić information content (AvgIpc) is 2.71. The third-order valence-electron chi connectivity index (χ3n) is 5.18. The lowest BCUT2D eigenvalue weighted by Gasteiger charge is -2.33. The molecule has 6 nitrogen and oxygen atoms in total. The predicted molar refractivity (Wildman–Crippen MR) is 109 cm³/mol. The molecule has 1 amide bonds. The number of hydrogen-bond donors (Lipinski definition) is 0. The van der Waals surface area contributed by atoms with Gasteiger partial charge in [0, 0.05) is 31.7 Å². The van der Waals surface area contributed by atoms with Crippen LogP contribution in [0.25, 0.3) is 0 Å². The van der Waals surface area contributed by atoms with Crippen molar-refractivity contribution in [3.05, 3.63) is 66.0 Å². The van der Waals surface area contributed by atoms with Gasteiger partial charge in [0.1, 0.15) is 0 Å². The first-order valence-corrected chi connectivity index (χ1v) is 11.5. The lowest BCUT2D eigenvalue weighted by Crippen LogP contribution is -2.44. The summed E-state index contributed by atoms with van der Waals surface area (Å²) in [5.41, 5.74) is 2.05. The molecule has 0 spiro atoms. The van der Waals surface area contributed by atoms with E-state index in [0.29, 0.717) is 39.0 Å². The fourth-order valence-corrected chi connectivity index (χ4v) is 4.43. The van der Waals surface area contributed by atoms with Gasteiger partial charge in [0.15, 0.2) is 0 Å². The molecule has 3 rings (SSSR count). The predicted octanol–water partition coefficient (Wildman–Crippen LogP) is 2.32. The zero-order valence-corrected chi connectivity index (χ0v) is 17.0. The van der Waals surface area contributed by atoms with Crippen LogP contribution in [0.1, 0.15) is 24.1 Å². The Morgan fingerprint density at radius 2 is 1.79 bits per heavy atom. The molecule has 7 heteroatoms. The first kappa shape index (κ1) is 20.5. The Labute approximate surface area is 167 Å². The summed E-state index contributed by atoms with van der Waals surface area (Å²) < 4.78 is 24.9. The number of sulfonamides is 1. The molecule has 0 N–H and O–H groups in total. The molecule has 1 saturated heterocycles. The molecule has 1 fully saturated rings. The minimum atomic E-state index is -3.19. The van der Waals surface area contributed by atoms with Crippen molar-refractivity contribution in [1.29, 1.82) is 0 Å². The largest absolute Gasteiger partial charge is 0.336 e. The zero-order valence-electron chi connectivity index (χ0n) is 16.2. The molecule has 1 aliphatic rings. The zero-order chi connectivity index (χ0) is 20.0. The Morgan fingerprint density at radius 3 is 2.39 bits per heavy atom. The van der Waals surface area contributed by atoms with Crippen LogP contribution in [0.5, 0.6) is 0 Å². The van der Waals surface area contributed by atoms with E-state index >= 15 is 0 Å². The smallest absolute Gasteiger partial charge is 0.226 e. The fourth-order valence-electron chi connectivity index (χ4n) is 3.56. The maximum atomic E-state index is 13.2. The molecule has 0 saturated carbocycles. The minimum absolute atomic E-state index is 0.0923. The van der Waals surface area contributed by atoms with Crippen LogP contribution in [0.4, 0.5) is 0 Å². The molecular weight excluding hydrogens is 374 g/mol. The number of aromatic nitrogens is 1. The summed E-state index contributed by atoms with van der Waals surface area (Å²) in [5.74, 6) is -0.0489. The highest BCUT2D eigenvalue weighted by atomic mass is 32.2. The molecule has 1 aromatic carbocycles. The number of piperidine rings is 1. The van der Waals surface area contributed by atoms with Gasteiger partial charge in [0.25, 0.3) is 0 Å². The Kier molecular flexibility index (Phi) is 6.80. The third kappa shape index (κ3) is 5.62. The maximum absolute atomic E-state index is 13.2. The van der Waals surface area contributed by atoms with Crippen LogP contribution < -0.4 is 0 Å². The molecule has 2 heterocycles. The van der Waals surface area contributed by atoms with Crippen molar-refractivity contribution in [3.8, 4) is 0 Å². The minimum Gasteiger partial charge on any atom is -0.336 e. The van der Waals surface area contributed by atoms with Gasteiger partial charge in [-0.05, 0) is 37.0 Å². The second-order valence-corrected chi connectivity index (χ2v) is 9.24. The first-order valence-electron chi connectivity index (χ1n) is 9.61. The number of carbonyl (C=O) groups excluding carboxylic acids is 1. The quantitative estimate of drug-likeness (QED) is 0.714. The maximum Gasteiger partial charge on any atom is 0.226 e. The van der Waals surface area contributed by atoms with Crippen molar-refractivity contribution in [2.75, 3.05) is 25.9 Å². The van der Waals surface area contributed by atoms with Crippen LogP contribution in [-0.4, -0.2) is 54.4 Å². The van der Waals surface area contributed by atoms with Crippen LogP contribution >= 0.6 is 0 Å². The summed E-state index contributed by atoms with van der Waals surface area (Å²) in [7, 11) is -3.19. The van der Waals surface area contributed by atoms with E-state index in [4.69, 9.17) is 0 Å². The second-order valence-electron chi connectivity index (χ2n) is 7.25. The van der Waals surface area contributed by atoms with Gasteiger partial charge in [-0.25, -0.2) is 12.7 Å². The number of pyridine rings is 1. The van der Waals surface area contributed by atoms with E-state index in [1.165, 1.54) is 16.1 Å². The van der Waals surface area contributed by atoms with E-state index in [-0.39, 0.29) is 11.8 Å². The van der Waals surface area contributed by atoms with E-state index in [2.05, 4.69) is 17.1 Å². The lowest BCUT2D eigenvalue weighted by atomic mass is 9.96. The van der Waals surface area contributed by atoms with Crippen molar-refractivity contribution in [3.63, 3.8) is 0 Å². The van der Waals surface area contributed by atoms with E-state index < -0.39 is 10.0 Å². The number of carbonyl (C=O) groups is 1. The summed E-state index contributed by atoms with van der Waals surface area (Å²) in [5, 5.41) is 0. The Balaban J connectivity index is 1.67. The van der Waals surface area contributed by atoms with Crippen LogP contribution in [-0.2, 0) is 27.8 Å². The molecule has 28 heavy (non-hydrogen) atoms. The molecule has 0 atom stereocenters. The van der Waals surface area contributed by atoms with Crippen LogP contribution in [0, 0.1) is 5.92 Å². The molecule has 1 aliphatic heterocycles. The molecular formula is C21H27N3O3S. The number of amides is 1. The summed E-state index contributed by atoms with van der Waals surface area (Å²) in [6.45, 7) is 1.90. The highest BCUT2D eigenvalue weighted by molar-refractivity contribution is 7.88. The summed E-state index contributed by atoms with van der Waals surface area (Å²) >= 11 is 0. The van der Waals surface area contributed by atoms with Crippen LogP contribution in [0.15, 0.2) is 54.7 Å². The Hall–Kier alpha value is -2.25. The van der Waals surface area contributed by atoms with Crippen LogP contribution in [0.3, 0.4) is 0 Å². The number of rotatable bonds is 7. The van der Waals surface area contributed by atoms with Gasteiger partial charge in [0.2, 0.25) is 15.9 Å². The van der Waals surface area contributed by atoms with E-state index in [1.807, 2.05) is 41.3 Å². The van der Waals surface area contributed by atoms with Crippen molar-refractivity contribution < 1.29 is 13.2 Å². The molecule has 2 aromatic rings. The van der Waals surface area contributed by atoms with E-state index in [1.54, 1.807) is 6.20 Å². The third-order valence-corrected chi connectivity index (χ3v) is 6.48. The van der Waals surface area contributed by atoms with Gasteiger partial charge in [-0.15, -0.1) is 0 Å². The average molecular weight is 402 g/mol. The topological polar surface area (TPSA) is 70.6 Å². The highest BCUT2D eigenvalue weighted by Crippen LogP contribution is 2.22. The molecule has 0 unspecified atom stereocenters. The molecule has 0 radical (unpaired) electrons. The Morgan fingerprint density at radius 1 is 1.11 bits per heavy atom. The van der Waals surface area contributed by atoms with E-state index in [0.717, 1.165) is 12.1 Å². The van der Waals surface area contributed by atoms with Crippen molar-refractivity contribution in [2.24, 2.45) is 5.92 Å². The number of nitrogens with zero attached hydrogens (tertiary/aromatic N) is 3. The van der Waals surface area contributed by atoms with Crippen molar-refractivity contribution in [2.45, 2.75) is 25.8 Å². The molecule has 0 aliphatic carbocycles. The summed E-state index contributed by atoms with van der Waals surface area (Å²) in [6.07, 6.45) is 4.87. The fraction of sp³-hybridized carbons (Fsp3) is 0.429. The normalized spacial score (nSPS) is 16.0. The molecule has 1 aromatic heterocycles. The monoisotopic (exact) mass is 401 g/mol. The van der Waals surface area contributed by atoms with Crippen LogP contribution in [0.2, 0.25) is 0 Å². The summed E-state index contributed by atoms with van der Waals surface area (Å²) in [4.78, 5) is 19.4. The number of hydrogen-bond acceptors (Lipinski definition) is 4. The van der Waals surface area contributed by atoms with E-state index in [9.17, 15) is 13.2 Å². The summed E-state index contributed by atoms with van der Waals surface area (Å²) in [6, 6.07) is 15.8. The van der Waals surface area contributed by atoms with Crippen molar-refractivity contribution in [1.82, 2.24) is 14.2 Å². The van der Waals surface area contributed by atoms with Gasteiger partial charge in [-0.1, -0.05) is 36.4 Å². The Bertz CT molecular complexity index is 864. The van der Waals surface area contributed by atoms with Crippen molar-refractivity contribution >= 4 is 15.9 Å². The van der Waals surface area contributed by atoms with Gasteiger partial charge in [-0.2, -0.15) is 0 Å². The lowest BCUT2D eigenvalue weighted by molar-refractivity contribution is -0.137. The molecule has 0 bridgehead atoms. The number of benzene rings is 1.